The Morgan fingerprint density at radius 2 is 1.91 bits per heavy atom. The van der Waals surface area contributed by atoms with E-state index in [1.165, 1.54) is 12.1 Å². The highest BCUT2D eigenvalue weighted by molar-refractivity contribution is 9.10. The molecule has 0 atom stereocenters. The van der Waals surface area contributed by atoms with Crippen molar-refractivity contribution in [1.29, 1.82) is 0 Å². The van der Waals surface area contributed by atoms with Crippen LogP contribution >= 0.6 is 27.7 Å². The molecule has 1 amide bonds. The fraction of sp³-hybridized carbons (Fsp3) is 0.208. The molecule has 0 aliphatic carbocycles. The molecule has 1 N–H and O–H groups in total. The average Bonchev–Trinajstić information content (AvgIpc) is 3.13. The first-order chi connectivity index (χ1) is 16.7. The van der Waals surface area contributed by atoms with E-state index in [2.05, 4.69) is 20.9 Å². The minimum absolute atomic E-state index is 0.00721. The molecule has 0 saturated heterocycles. The predicted molar refractivity (Wildman–Crippen MR) is 136 cm³/mol. The molecule has 9 nitrogen and oxygen atoms in total. The Morgan fingerprint density at radius 1 is 1.20 bits per heavy atom. The number of thioether (sulfide) groups is 1. The molecule has 1 heterocycles. The minimum Gasteiger partial charge on any atom is -0.506 e. The number of aliphatic hydroxyl groups excluding tert-OH is 1. The first-order valence-corrected chi connectivity index (χ1v) is 12.1. The van der Waals surface area contributed by atoms with Gasteiger partial charge in [0.25, 0.3) is 5.69 Å². The van der Waals surface area contributed by atoms with Crippen molar-refractivity contribution >= 4 is 56.4 Å². The molecule has 0 spiro atoms. The van der Waals surface area contributed by atoms with Crippen LogP contribution < -0.4 is 4.74 Å². The maximum absolute atomic E-state index is 12.3. The fourth-order valence-electron chi connectivity index (χ4n) is 2.93. The molecule has 0 radical (unpaired) electrons. The van der Waals surface area contributed by atoms with Crippen LogP contribution in [0, 0.1) is 10.1 Å². The van der Waals surface area contributed by atoms with Crippen molar-refractivity contribution in [2.75, 3.05) is 6.61 Å². The first-order valence-electron chi connectivity index (χ1n) is 10.5. The maximum Gasteiger partial charge on any atom is 0.344 e. The molecule has 1 aliphatic heterocycles. The Labute approximate surface area is 213 Å². The largest absolute Gasteiger partial charge is 0.506 e. The van der Waals surface area contributed by atoms with Crippen molar-refractivity contribution in [2.45, 2.75) is 26.9 Å². The van der Waals surface area contributed by atoms with E-state index in [-0.39, 0.29) is 41.7 Å². The van der Waals surface area contributed by atoms with Crippen LogP contribution in [0.25, 0.3) is 6.08 Å². The van der Waals surface area contributed by atoms with E-state index in [9.17, 15) is 24.8 Å². The van der Waals surface area contributed by atoms with Gasteiger partial charge in [-0.3, -0.25) is 14.9 Å². The van der Waals surface area contributed by atoms with Crippen molar-refractivity contribution < 1.29 is 29.1 Å². The summed E-state index contributed by atoms with van der Waals surface area (Å²) in [6, 6.07) is 11.3. The number of amides is 1. The summed E-state index contributed by atoms with van der Waals surface area (Å²) in [5.74, 6) is -0.918. The molecule has 11 heteroatoms. The van der Waals surface area contributed by atoms with Crippen LogP contribution in [-0.4, -0.2) is 33.6 Å². The summed E-state index contributed by atoms with van der Waals surface area (Å²) < 4.78 is 11.4. The Hall–Kier alpha value is -3.44. The smallest absolute Gasteiger partial charge is 0.344 e. The van der Waals surface area contributed by atoms with E-state index in [1.807, 2.05) is 0 Å². The predicted octanol–water partition coefficient (Wildman–Crippen LogP) is 5.73. The van der Waals surface area contributed by atoms with Gasteiger partial charge in [-0.25, -0.2) is 9.79 Å². The number of nitro groups is 1. The summed E-state index contributed by atoms with van der Waals surface area (Å²) >= 11 is 4.47. The number of aliphatic imine (C=N–C) groups is 1. The van der Waals surface area contributed by atoms with E-state index in [1.54, 1.807) is 50.3 Å². The number of carbonyl (C=O) groups is 2. The van der Waals surface area contributed by atoms with E-state index in [4.69, 9.17) is 9.47 Å². The first kappa shape index (κ1) is 26.2. The molecule has 2 aromatic rings. The van der Waals surface area contributed by atoms with E-state index >= 15 is 0 Å². The fourth-order valence-corrected chi connectivity index (χ4v) is 4.48. The summed E-state index contributed by atoms with van der Waals surface area (Å²) in [6.07, 6.45) is 1.82. The van der Waals surface area contributed by atoms with Gasteiger partial charge in [0.1, 0.15) is 28.7 Å². The molecule has 35 heavy (non-hydrogen) atoms. The van der Waals surface area contributed by atoms with E-state index < -0.39 is 16.8 Å². The standard InChI is InChI=1S/C24H21BrN2O7S/c1-3-20(28)26-23-21(24(30)33-4-2)22(29)19(35-23)12-15-7-10-18(17(25)11-15)34-13-14-5-8-16(9-6-14)27(31)32/h5-12,29H,3-4,13H2,1-2H3/b19-12-,26-23?. The number of nitrogens with zero attached hydrogens (tertiary/aromatic N) is 2. The number of carbonyl (C=O) groups excluding carboxylic acids is 2. The van der Waals surface area contributed by atoms with Gasteiger partial charge in [-0.15, -0.1) is 0 Å². The summed E-state index contributed by atoms with van der Waals surface area (Å²) in [7, 11) is 0. The lowest BCUT2D eigenvalue weighted by atomic mass is 10.1. The molecule has 0 bridgehead atoms. The van der Waals surface area contributed by atoms with Crippen LogP contribution in [0.15, 0.2) is 68.2 Å². The monoisotopic (exact) mass is 560 g/mol. The van der Waals surface area contributed by atoms with Crippen molar-refractivity contribution in [1.82, 2.24) is 0 Å². The van der Waals surface area contributed by atoms with Gasteiger partial charge in [0.15, 0.2) is 0 Å². The van der Waals surface area contributed by atoms with Crippen molar-refractivity contribution in [3.8, 4) is 5.75 Å². The molecule has 0 fully saturated rings. The quantitative estimate of drug-likeness (QED) is 0.246. The highest BCUT2D eigenvalue weighted by Crippen LogP contribution is 2.40. The number of halogens is 1. The third-order valence-electron chi connectivity index (χ3n) is 4.69. The second-order valence-electron chi connectivity index (χ2n) is 7.12. The number of nitro benzene ring substituents is 1. The van der Waals surface area contributed by atoms with Crippen LogP contribution in [0.4, 0.5) is 5.69 Å². The Morgan fingerprint density at radius 3 is 2.51 bits per heavy atom. The molecule has 1 aliphatic rings. The van der Waals surface area contributed by atoms with Crippen LogP contribution in [-0.2, 0) is 20.9 Å². The number of rotatable bonds is 8. The zero-order chi connectivity index (χ0) is 25.5. The number of benzene rings is 2. The summed E-state index contributed by atoms with van der Waals surface area (Å²) in [5, 5.41) is 21.5. The highest BCUT2D eigenvalue weighted by atomic mass is 79.9. The molecule has 0 unspecified atom stereocenters. The number of aliphatic hydroxyl groups is 1. The summed E-state index contributed by atoms with van der Waals surface area (Å²) in [6.45, 7) is 3.62. The normalized spacial score (nSPS) is 15.5. The molecular formula is C24H21BrN2O7S. The van der Waals surface area contributed by atoms with Gasteiger partial charge in [-0.05, 0) is 64.3 Å². The lowest BCUT2D eigenvalue weighted by Crippen LogP contribution is -2.14. The third-order valence-corrected chi connectivity index (χ3v) is 6.33. The maximum atomic E-state index is 12.3. The lowest BCUT2D eigenvalue weighted by Gasteiger charge is -2.09. The molecule has 182 valence electrons. The van der Waals surface area contributed by atoms with Crippen LogP contribution in [0.1, 0.15) is 31.4 Å². The Kier molecular flexibility index (Phi) is 8.83. The highest BCUT2D eigenvalue weighted by Gasteiger charge is 2.33. The van der Waals surface area contributed by atoms with Gasteiger partial charge in [0.05, 0.1) is 20.9 Å². The molecular weight excluding hydrogens is 540 g/mol. The van der Waals surface area contributed by atoms with Gasteiger partial charge in [0, 0.05) is 18.6 Å². The van der Waals surface area contributed by atoms with Gasteiger partial charge in [-0.2, -0.15) is 0 Å². The second kappa shape index (κ2) is 11.8. The van der Waals surface area contributed by atoms with Crippen LogP contribution in [0.3, 0.4) is 0 Å². The Bertz CT molecular complexity index is 1250. The van der Waals surface area contributed by atoms with Gasteiger partial charge < -0.3 is 14.6 Å². The third kappa shape index (κ3) is 6.58. The average molecular weight is 561 g/mol. The second-order valence-corrected chi connectivity index (χ2v) is 9.01. The number of non-ortho nitro benzene ring substituents is 1. The van der Waals surface area contributed by atoms with Crippen molar-refractivity contribution in [2.24, 2.45) is 4.99 Å². The van der Waals surface area contributed by atoms with Gasteiger partial charge >= 0.3 is 5.97 Å². The van der Waals surface area contributed by atoms with Crippen molar-refractivity contribution in [3.63, 3.8) is 0 Å². The van der Waals surface area contributed by atoms with Gasteiger partial charge in [-0.1, -0.05) is 24.8 Å². The number of esters is 1. The van der Waals surface area contributed by atoms with Gasteiger partial charge in [0.2, 0.25) is 5.91 Å². The molecule has 2 aromatic carbocycles. The summed E-state index contributed by atoms with van der Waals surface area (Å²) in [4.78, 5) is 38.8. The van der Waals surface area contributed by atoms with E-state index in [0.717, 1.165) is 17.3 Å². The number of ether oxygens (including phenoxy) is 2. The van der Waals surface area contributed by atoms with Crippen LogP contribution in [0.2, 0.25) is 0 Å². The zero-order valence-corrected chi connectivity index (χ0v) is 21.2. The van der Waals surface area contributed by atoms with E-state index in [0.29, 0.717) is 20.7 Å². The molecule has 3 rings (SSSR count). The number of hydrogen-bond donors (Lipinski definition) is 1. The zero-order valence-electron chi connectivity index (χ0n) is 18.8. The summed E-state index contributed by atoms with van der Waals surface area (Å²) in [5.41, 5.74) is 1.34. The SMILES string of the molecule is CCOC(=O)C1=C(O)/C(=C/c2ccc(OCc3ccc([N+](=O)[O-])cc3)c(Br)c2)SC1=NC(=O)CC. The number of hydrogen-bond acceptors (Lipinski definition) is 8. The molecule has 0 saturated carbocycles. The van der Waals surface area contributed by atoms with Crippen LogP contribution in [0.5, 0.6) is 5.75 Å². The van der Waals surface area contributed by atoms with Crippen molar-refractivity contribution in [3.05, 3.63) is 84.4 Å². The topological polar surface area (TPSA) is 128 Å². The Balaban J connectivity index is 1.80. The molecule has 0 aromatic heterocycles. The lowest BCUT2D eigenvalue weighted by molar-refractivity contribution is -0.384. The minimum atomic E-state index is -0.750.